The van der Waals surface area contributed by atoms with E-state index in [1.807, 2.05) is 11.3 Å². The Labute approximate surface area is 122 Å². The largest absolute Gasteiger partial charge is 0.305 e. The smallest absolute Gasteiger partial charge is 0.114 e. The van der Waals surface area contributed by atoms with E-state index < -0.39 is 0 Å². The standard InChI is InChI=1S/C16H28N2S/c1-6-13-12(3)19-14(18-13)16(17-7-2)11-9-8-10-15(16,4)5/h17H,6-11H2,1-5H3. The highest BCUT2D eigenvalue weighted by molar-refractivity contribution is 7.11. The number of aryl methyl sites for hydroxylation is 2. The molecule has 1 saturated carbocycles. The van der Waals surface area contributed by atoms with Crippen molar-refractivity contribution in [2.24, 2.45) is 5.41 Å². The molecule has 0 amide bonds. The van der Waals surface area contributed by atoms with E-state index in [-0.39, 0.29) is 11.0 Å². The van der Waals surface area contributed by atoms with Crippen molar-refractivity contribution >= 4 is 11.3 Å². The second kappa shape index (κ2) is 5.53. The maximum atomic E-state index is 4.99. The SMILES string of the molecule is CCNC1(c2nc(CC)c(C)s2)CCCCC1(C)C. The second-order valence-corrected chi connectivity index (χ2v) is 7.61. The van der Waals surface area contributed by atoms with Crippen LogP contribution in [0.15, 0.2) is 0 Å². The lowest BCUT2D eigenvalue weighted by atomic mass is 9.63. The highest BCUT2D eigenvalue weighted by Crippen LogP contribution is 2.51. The molecule has 1 atom stereocenters. The Morgan fingerprint density at radius 3 is 2.42 bits per heavy atom. The molecule has 0 saturated heterocycles. The molecule has 0 aromatic carbocycles. The Kier molecular flexibility index (Phi) is 4.36. The van der Waals surface area contributed by atoms with Gasteiger partial charge in [-0.25, -0.2) is 4.98 Å². The molecule has 2 rings (SSSR count). The molecule has 1 N–H and O–H groups in total. The van der Waals surface area contributed by atoms with Crippen molar-refractivity contribution in [2.75, 3.05) is 6.54 Å². The first-order valence-electron chi connectivity index (χ1n) is 7.68. The van der Waals surface area contributed by atoms with Gasteiger partial charge in [-0.05, 0) is 38.1 Å². The van der Waals surface area contributed by atoms with Crippen LogP contribution in [0.5, 0.6) is 0 Å². The summed E-state index contributed by atoms with van der Waals surface area (Å²) in [5, 5.41) is 5.14. The van der Waals surface area contributed by atoms with Crippen LogP contribution in [0.25, 0.3) is 0 Å². The fourth-order valence-electron chi connectivity index (χ4n) is 3.55. The number of rotatable bonds is 4. The maximum absolute atomic E-state index is 4.99. The van der Waals surface area contributed by atoms with Crippen LogP contribution < -0.4 is 5.32 Å². The number of nitrogens with one attached hydrogen (secondary N) is 1. The van der Waals surface area contributed by atoms with Crippen molar-refractivity contribution in [3.8, 4) is 0 Å². The van der Waals surface area contributed by atoms with Gasteiger partial charge < -0.3 is 5.32 Å². The molecule has 1 aliphatic carbocycles. The number of nitrogens with zero attached hydrogens (tertiary/aromatic N) is 1. The molecule has 1 aromatic rings. The summed E-state index contributed by atoms with van der Waals surface area (Å²) >= 11 is 1.91. The number of thiazole rings is 1. The monoisotopic (exact) mass is 280 g/mol. The molecule has 1 aromatic heterocycles. The molecule has 0 aliphatic heterocycles. The third-order valence-electron chi connectivity index (χ3n) is 4.83. The Hall–Kier alpha value is -0.410. The van der Waals surface area contributed by atoms with Gasteiger partial charge in [-0.2, -0.15) is 0 Å². The molecule has 0 radical (unpaired) electrons. The highest BCUT2D eigenvalue weighted by Gasteiger charge is 2.49. The topological polar surface area (TPSA) is 24.9 Å². The molecule has 2 nitrogen and oxygen atoms in total. The number of hydrogen-bond donors (Lipinski definition) is 1. The van der Waals surface area contributed by atoms with Crippen molar-refractivity contribution in [2.45, 2.75) is 72.3 Å². The van der Waals surface area contributed by atoms with E-state index in [0.717, 1.165) is 13.0 Å². The zero-order valence-electron chi connectivity index (χ0n) is 13.1. The molecule has 0 spiro atoms. The van der Waals surface area contributed by atoms with E-state index in [9.17, 15) is 0 Å². The van der Waals surface area contributed by atoms with E-state index in [2.05, 4.69) is 39.9 Å². The summed E-state index contributed by atoms with van der Waals surface area (Å²) in [6.45, 7) is 12.5. The summed E-state index contributed by atoms with van der Waals surface area (Å²) in [6, 6.07) is 0. The van der Waals surface area contributed by atoms with Gasteiger partial charge in [0.1, 0.15) is 5.01 Å². The fraction of sp³-hybridized carbons (Fsp3) is 0.812. The first-order valence-corrected chi connectivity index (χ1v) is 8.50. The minimum Gasteiger partial charge on any atom is -0.305 e. The van der Waals surface area contributed by atoms with Crippen molar-refractivity contribution in [3.63, 3.8) is 0 Å². The van der Waals surface area contributed by atoms with Crippen molar-refractivity contribution in [1.82, 2.24) is 10.3 Å². The Balaban J connectivity index is 2.48. The summed E-state index contributed by atoms with van der Waals surface area (Å²) in [6.07, 6.45) is 6.23. The maximum Gasteiger partial charge on any atom is 0.114 e. The van der Waals surface area contributed by atoms with Crippen molar-refractivity contribution in [3.05, 3.63) is 15.6 Å². The predicted molar refractivity (Wildman–Crippen MR) is 83.8 cm³/mol. The van der Waals surface area contributed by atoms with E-state index in [0.29, 0.717) is 0 Å². The van der Waals surface area contributed by atoms with Crippen LogP contribution in [0.2, 0.25) is 0 Å². The second-order valence-electron chi connectivity index (χ2n) is 6.40. The van der Waals surface area contributed by atoms with Gasteiger partial charge in [0.2, 0.25) is 0 Å². The number of aromatic nitrogens is 1. The highest BCUT2D eigenvalue weighted by atomic mass is 32.1. The van der Waals surface area contributed by atoms with Gasteiger partial charge in [0.05, 0.1) is 11.2 Å². The molecule has 108 valence electrons. The summed E-state index contributed by atoms with van der Waals surface area (Å²) < 4.78 is 0. The van der Waals surface area contributed by atoms with Gasteiger partial charge in [0.25, 0.3) is 0 Å². The van der Waals surface area contributed by atoms with Crippen LogP contribution in [0.4, 0.5) is 0 Å². The quantitative estimate of drug-likeness (QED) is 0.883. The van der Waals surface area contributed by atoms with Gasteiger partial charge in [0, 0.05) is 4.88 Å². The number of hydrogen-bond acceptors (Lipinski definition) is 3. The average molecular weight is 280 g/mol. The van der Waals surface area contributed by atoms with Crippen LogP contribution in [-0.4, -0.2) is 11.5 Å². The normalized spacial score (nSPS) is 26.6. The molecule has 1 fully saturated rings. The zero-order chi connectivity index (χ0) is 14.1. The molecule has 19 heavy (non-hydrogen) atoms. The van der Waals surface area contributed by atoms with Gasteiger partial charge in [-0.15, -0.1) is 11.3 Å². The van der Waals surface area contributed by atoms with Crippen LogP contribution in [0.3, 0.4) is 0 Å². The molecular weight excluding hydrogens is 252 g/mol. The Morgan fingerprint density at radius 2 is 1.89 bits per heavy atom. The van der Waals surface area contributed by atoms with E-state index in [4.69, 9.17) is 4.98 Å². The summed E-state index contributed by atoms with van der Waals surface area (Å²) in [5.74, 6) is 0. The van der Waals surface area contributed by atoms with Gasteiger partial charge in [-0.1, -0.05) is 40.5 Å². The van der Waals surface area contributed by atoms with Crippen molar-refractivity contribution < 1.29 is 0 Å². The van der Waals surface area contributed by atoms with Gasteiger partial charge in [0.15, 0.2) is 0 Å². The third-order valence-corrected chi connectivity index (χ3v) is 6.00. The first kappa shape index (κ1) is 15.0. The predicted octanol–water partition coefficient (Wildman–Crippen LogP) is 4.42. The summed E-state index contributed by atoms with van der Waals surface area (Å²) in [5.41, 5.74) is 1.66. The molecule has 3 heteroatoms. The lowest BCUT2D eigenvalue weighted by Crippen LogP contribution is -2.55. The molecule has 1 aliphatic rings. The Morgan fingerprint density at radius 1 is 1.21 bits per heavy atom. The van der Waals surface area contributed by atoms with Crippen LogP contribution in [0.1, 0.15) is 69.0 Å². The van der Waals surface area contributed by atoms with E-state index >= 15 is 0 Å². The summed E-state index contributed by atoms with van der Waals surface area (Å²) in [7, 11) is 0. The van der Waals surface area contributed by atoms with Crippen LogP contribution >= 0.6 is 11.3 Å². The lowest BCUT2D eigenvalue weighted by molar-refractivity contribution is 0.0607. The molecule has 1 unspecified atom stereocenters. The average Bonchev–Trinajstić information content (AvgIpc) is 2.73. The van der Waals surface area contributed by atoms with Crippen LogP contribution in [0, 0.1) is 12.3 Å². The minimum absolute atomic E-state index is 0.0862. The summed E-state index contributed by atoms with van der Waals surface area (Å²) in [4.78, 5) is 6.39. The zero-order valence-corrected chi connectivity index (χ0v) is 13.9. The van der Waals surface area contributed by atoms with Crippen LogP contribution in [-0.2, 0) is 12.0 Å². The van der Waals surface area contributed by atoms with Gasteiger partial charge in [-0.3, -0.25) is 0 Å². The van der Waals surface area contributed by atoms with E-state index in [1.165, 1.54) is 41.3 Å². The fourth-order valence-corrected chi connectivity index (χ4v) is 4.93. The Bertz CT molecular complexity index is 432. The molecule has 1 heterocycles. The minimum atomic E-state index is 0.0862. The molecular formula is C16H28N2S. The van der Waals surface area contributed by atoms with E-state index in [1.54, 1.807) is 0 Å². The van der Waals surface area contributed by atoms with Crippen molar-refractivity contribution in [1.29, 1.82) is 0 Å². The van der Waals surface area contributed by atoms with Gasteiger partial charge >= 0.3 is 0 Å². The lowest BCUT2D eigenvalue weighted by Gasteiger charge is -2.49. The third kappa shape index (κ3) is 2.47. The first-order chi connectivity index (χ1) is 8.97. The molecule has 0 bridgehead atoms.